The lowest BCUT2D eigenvalue weighted by atomic mass is 10.2. The van der Waals surface area contributed by atoms with Crippen molar-refractivity contribution in [3.63, 3.8) is 0 Å². The zero-order chi connectivity index (χ0) is 17.8. The number of ether oxygens (including phenoxy) is 1. The zero-order valence-electron chi connectivity index (χ0n) is 12.7. The first-order valence-electron chi connectivity index (χ1n) is 6.69. The summed E-state index contributed by atoms with van der Waals surface area (Å²) in [5.41, 5.74) is -0.0533. The van der Waals surface area contributed by atoms with E-state index in [1.54, 1.807) is 13.8 Å². The molecule has 128 valence electrons. The average molecular weight is 349 g/mol. The van der Waals surface area contributed by atoms with Crippen LogP contribution >= 0.6 is 0 Å². The molecule has 0 saturated heterocycles. The summed E-state index contributed by atoms with van der Waals surface area (Å²) in [6.07, 6.45) is -1.05. The number of carbonyl (C=O) groups is 2. The maximum absolute atomic E-state index is 12.4. The second-order valence-electron chi connectivity index (χ2n) is 5.04. The Bertz CT molecular complexity index is 671. The molecule has 0 spiro atoms. The Morgan fingerprint density at radius 1 is 1.09 bits per heavy atom. The Morgan fingerprint density at radius 3 is 2.04 bits per heavy atom. The maximum atomic E-state index is 12.4. The van der Waals surface area contributed by atoms with Gasteiger partial charge in [0.15, 0.2) is 6.10 Å². The third-order valence-corrected chi connectivity index (χ3v) is 4.14. The van der Waals surface area contributed by atoms with Crippen LogP contribution in [-0.4, -0.2) is 38.2 Å². The third-order valence-electron chi connectivity index (χ3n) is 2.74. The van der Waals surface area contributed by atoms with Gasteiger partial charge in [-0.2, -0.15) is 8.78 Å². The molecule has 6 nitrogen and oxygen atoms in total. The van der Waals surface area contributed by atoms with E-state index in [4.69, 9.17) is 4.74 Å². The van der Waals surface area contributed by atoms with Gasteiger partial charge in [0.2, 0.25) is 9.84 Å². The lowest BCUT2D eigenvalue weighted by molar-refractivity contribution is -0.129. The number of amides is 1. The van der Waals surface area contributed by atoms with Gasteiger partial charge in [-0.3, -0.25) is 4.79 Å². The van der Waals surface area contributed by atoms with Crippen molar-refractivity contribution < 1.29 is 31.5 Å². The number of sulfone groups is 1. The van der Waals surface area contributed by atoms with Crippen molar-refractivity contribution in [3.8, 4) is 0 Å². The summed E-state index contributed by atoms with van der Waals surface area (Å²) in [5.74, 6) is -4.89. The molecule has 0 aliphatic carbocycles. The number of nitrogens with one attached hydrogen (secondary N) is 1. The fourth-order valence-electron chi connectivity index (χ4n) is 1.57. The molecule has 0 aromatic heterocycles. The normalized spacial score (nSPS) is 13.0. The molecule has 0 heterocycles. The van der Waals surface area contributed by atoms with E-state index < -0.39 is 38.5 Å². The van der Waals surface area contributed by atoms with Gasteiger partial charge in [-0.25, -0.2) is 13.2 Å². The zero-order valence-corrected chi connectivity index (χ0v) is 13.6. The highest BCUT2D eigenvalue weighted by Crippen LogP contribution is 2.19. The third kappa shape index (κ3) is 4.98. The van der Waals surface area contributed by atoms with Crippen molar-refractivity contribution in [2.75, 3.05) is 0 Å². The molecular weight excluding hydrogens is 332 g/mol. The summed E-state index contributed by atoms with van der Waals surface area (Å²) in [7, 11) is -4.72. The minimum atomic E-state index is -4.72. The Hall–Kier alpha value is -2.03. The van der Waals surface area contributed by atoms with Crippen molar-refractivity contribution in [1.82, 2.24) is 5.32 Å². The maximum Gasteiger partial charge on any atom is 0.341 e. The molecule has 1 amide bonds. The molecule has 1 N–H and O–H groups in total. The minimum Gasteiger partial charge on any atom is -0.449 e. The highest BCUT2D eigenvalue weighted by molar-refractivity contribution is 7.91. The Labute approximate surface area is 132 Å². The lowest BCUT2D eigenvalue weighted by Gasteiger charge is -2.15. The van der Waals surface area contributed by atoms with Gasteiger partial charge in [-0.1, -0.05) is 0 Å². The van der Waals surface area contributed by atoms with Crippen LogP contribution in [0.4, 0.5) is 8.78 Å². The molecule has 1 aromatic rings. The first-order chi connectivity index (χ1) is 10.6. The highest BCUT2D eigenvalue weighted by Gasteiger charge is 2.27. The Kier molecular flexibility index (Phi) is 6.20. The second-order valence-corrected chi connectivity index (χ2v) is 6.96. The predicted molar refractivity (Wildman–Crippen MR) is 77.8 cm³/mol. The van der Waals surface area contributed by atoms with Crippen LogP contribution in [0.3, 0.4) is 0 Å². The van der Waals surface area contributed by atoms with E-state index in [1.807, 2.05) is 0 Å². The number of rotatable bonds is 6. The van der Waals surface area contributed by atoms with Crippen molar-refractivity contribution >= 4 is 21.7 Å². The fourth-order valence-corrected chi connectivity index (χ4v) is 2.29. The van der Waals surface area contributed by atoms with Crippen LogP contribution < -0.4 is 5.32 Å². The number of hydrogen-bond donors (Lipinski definition) is 1. The minimum absolute atomic E-state index is 0.0533. The highest BCUT2D eigenvalue weighted by atomic mass is 32.2. The first kappa shape index (κ1) is 19.0. The topological polar surface area (TPSA) is 89.5 Å². The Morgan fingerprint density at radius 2 is 1.61 bits per heavy atom. The summed E-state index contributed by atoms with van der Waals surface area (Å²) in [4.78, 5) is 22.9. The summed E-state index contributed by atoms with van der Waals surface area (Å²) in [5, 5.41) is 2.56. The van der Waals surface area contributed by atoms with Gasteiger partial charge in [-0.15, -0.1) is 0 Å². The van der Waals surface area contributed by atoms with Crippen molar-refractivity contribution in [1.29, 1.82) is 0 Å². The van der Waals surface area contributed by atoms with E-state index in [-0.39, 0.29) is 11.6 Å². The van der Waals surface area contributed by atoms with Crippen LogP contribution in [-0.2, 0) is 19.4 Å². The number of esters is 1. The molecule has 1 atom stereocenters. The fraction of sp³-hybridized carbons (Fsp3) is 0.429. The van der Waals surface area contributed by atoms with Crippen LogP contribution in [0.25, 0.3) is 0 Å². The summed E-state index contributed by atoms with van der Waals surface area (Å²) < 4.78 is 52.2. The average Bonchev–Trinajstić information content (AvgIpc) is 2.46. The van der Waals surface area contributed by atoms with E-state index >= 15 is 0 Å². The van der Waals surface area contributed by atoms with Crippen LogP contribution in [0.1, 0.15) is 31.1 Å². The van der Waals surface area contributed by atoms with E-state index in [2.05, 4.69) is 5.32 Å². The van der Waals surface area contributed by atoms with E-state index in [1.165, 1.54) is 6.92 Å². The van der Waals surface area contributed by atoms with Gasteiger partial charge in [0.05, 0.1) is 10.5 Å². The molecule has 23 heavy (non-hydrogen) atoms. The monoisotopic (exact) mass is 349 g/mol. The van der Waals surface area contributed by atoms with Crippen molar-refractivity contribution in [3.05, 3.63) is 29.8 Å². The molecule has 0 aliphatic rings. The molecule has 0 saturated carbocycles. The summed E-state index contributed by atoms with van der Waals surface area (Å²) >= 11 is 0. The lowest BCUT2D eigenvalue weighted by Crippen LogP contribution is -2.39. The molecule has 0 aliphatic heterocycles. The van der Waals surface area contributed by atoms with Crippen molar-refractivity contribution in [2.45, 2.75) is 43.6 Å². The molecular formula is C14H17F2NO5S. The van der Waals surface area contributed by atoms with Gasteiger partial charge in [0.1, 0.15) is 0 Å². The van der Waals surface area contributed by atoms with Gasteiger partial charge >= 0.3 is 11.7 Å². The first-order valence-corrected chi connectivity index (χ1v) is 8.23. The van der Waals surface area contributed by atoms with E-state index in [0.29, 0.717) is 0 Å². The second kappa shape index (κ2) is 7.49. The van der Waals surface area contributed by atoms with Gasteiger partial charge in [0.25, 0.3) is 5.91 Å². The molecule has 0 unspecified atom stereocenters. The molecule has 0 bridgehead atoms. The summed E-state index contributed by atoms with van der Waals surface area (Å²) in [6, 6.07) is 3.74. The number of hydrogen-bond acceptors (Lipinski definition) is 5. The van der Waals surface area contributed by atoms with Crippen molar-refractivity contribution in [2.24, 2.45) is 0 Å². The van der Waals surface area contributed by atoms with Crippen LogP contribution in [0.2, 0.25) is 0 Å². The smallest absolute Gasteiger partial charge is 0.341 e. The van der Waals surface area contributed by atoms with Gasteiger partial charge in [-0.05, 0) is 45.0 Å². The molecule has 0 radical (unpaired) electrons. The molecule has 1 aromatic carbocycles. The van der Waals surface area contributed by atoms with E-state index in [0.717, 1.165) is 24.3 Å². The molecule has 0 fully saturated rings. The number of halogens is 2. The number of alkyl halides is 2. The van der Waals surface area contributed by atoms with E-state index in [9.17, 15) is 26.8 Å². The van der Waals surface area contributed by atoms with Crippen LogP contribution in [0, 0.1) is 0 Å². The number of carbonyl (C=O) groups excluding carboxylic acids is 2. The standard InChI is InChI=1S/C14H17F2NO5S/c1-8(2)17-12(18)9(3)22-13(19)10-4-6-11(7-5-10)23(20,21)14(15)16/h4-9,14H,1-3H3,(H,17,18)/t9-/m0/s1. The number of benzene rings is 1. The van der Waals surface area contributed by atoms with Crippen LogP contribution in [0.15, 0.2) is 29.2 Å². The Balaban J connectivity index is 2.81. The van der Waals surface area contributed by atoms with Crippen LogP contribution in [0.5, 0.6) is 0 Å². The quantitative estimate of drug-likeness (QED) is 0.791. The SMILES string of the molecule is CC(C)NC(=O)[C@H](C)OC(=O)c1ccc(S(=O)(=O)C(F)F)cc1. The van der Waals surface area contributed by atoms with Gasteiger partial charge in [0, 0.05) is 6.04 Å². The van der Waals surface area contributed by atoms with Gasteiger partial charge < -0.3 is 10.1 Å². The predicted octanol–water partition coefficient (Wildman–Crippen LogP) is 1.75. The summed E-state index contributed by atoms with van der Waals surface area (Å²) in [6.45, 7) is 4.87. The molecule has 9 heteroatoms. The molecule has 1 rings (SSSR count). The largest absolute Gasteiger partial charge is 0.449 e.